The molecule has 62 heavy (non-hydrogen) atoms. The summed E-state index contributed by atoms with van der Waals surface area (Å²) in [5, 5.41) is 3.12. The number of imidazole rings is 1. The van der Waals surface area contributed by atoms with Crippen molar-refractivity contribution in [3.63, 3.8) is 0 Å². The Morgan fingerprint density at radius 1 is 0.774 bits per heavy atom. The van der Waals surface area contributed by atoms with Gasteiger partial charge >= 0.3 is 0 Å². The van der Waals surface area contributed by atoms with E-state index < -0.39 is 14.4 Å². The molecular weight excluding hydrogens is 953 g/mol. The van der Waals surface area contributed by atoms with Gasteiger partial charge in [0.1, 0.15) is 0 Å². The summed E-state index contributed by atoms with van der Waals surface area (Å²) in [4.78, 5) is 14.5. The molecule has 0 saturated heterocycles. The van der Waals surface area contributed by atoms with Gasteiger partial charge in [-0.2, -0.15) is 0 Å². The summed E-state index contributed by atoms with van der Waals surface area (Å²) in [5.74, 6) is 0.707. The Kier molecular flexibility index (Phi) is 12.0. The minimum absolute atomic E-state index is 0. The number of hydrogen-bond acceptors (Lipinski definition) is 4. The van der Waals surface area contributed by atoms with Crippen molar-refractivity contribution in [2.75, 3.05) is 0 Å². The fourth-order valence-corrected chi connectivity index (χ4v) is 9.52. The Morgan fingerprint density at radius 3 is 2.16 bits per heavy atom. The Hall–Kier alpha value is -5.46. The molecule has 0 N–H and O–H groups in total. The molecule has 4 aromatic heterocycles. The predicted molar refractivity (Wildman–Crippen MR) is 259 cm³/mol. The molecule has 0 aliphatic rings. The predicted octanol–water partition coefficient (Wildman–Crippen LogP) is 14.0. The van der Waals surface area contributed by atoms with Gasteiger partial charge in [-0.15, -0.1) is 53.6 Å². The van der Waals surface area contributed by atoms with Crippen molar-refractivity contribution in [1.29, 1.82) is 0 Å². The molecule has 0 atom stereocenters. The second-order valence-electron chi connectivity index (χ2n) is 18.5. The van der Waals surface area contributed by atoms with Gasteiger partial charge in [-0.25, -0.2) is 4.98 Å². The summed E-state index contributed by atoms with van der Waals surface area (Å²) < 4.78 is 26.0. The zero-order valence-corrected chi connectivity index (χ0v) is 41.0. The third-order valence-corrected chi connectivity index (χ3v) is 13.2. The molecule has 5 aromatic carbocycles. The molecule has 0 spiro atoms. The zero-order valence-electron chi connectivity index (χ0n) is 39.7. The zero-order chi connectivity index (χ0) is 45.0. The minimum atomic E-state index is -1.71. The maximum Gasteiger partial charge on any atom is 0.216 e. The van der Waals surface area contributed by atoms with E-state index in [1.807, 2.05) is 69.4 Å². The number of pyridine rings is 2. The molecule has 0 bridgehead atoms. The van der Waals surface area contributed by atoms with E-state index in [9.17, 15) is 0 Å². The van der Waals surface area contributed by atoms with Gasteiger partial charge in [0.25, 0.3) is 0 Å². The van der Waals surface area contributed by atoms with Crippen LogP contribution in [0.25, 0.3) is 72.6 Å². The van der Waals surface area contributed by atoms with E-state index in [1.165, 1.54) is 27.8 Å². The molecule has 0 saturated carbocycles. The number of hydrogen-bond donors (Lipinski definition) is 0. The number of aryl methyl sites for hydroxylation is 3. The van der Waals surface area contributed by atoms with E-state index in [4.69, 9.17) is 17.1 Å². The van der Waals surface area contributed by atoms with Crippen LogP contribution in [0.3, 0.4) is 0 Å². The molecule has 0 aliphatic heterocycles. The minimum Gasteiger partial charge on any atom is -0.486 e. The van der Waals surface area contributed by atoms with Crippen LogP contribution in [0.4, 0.5) is 0 Å². The van der Waals surface area contributed by atoms with Crippen molar-refractivity contribution in [1.82, 2.24) is 19.5 Å². The largest absolute Gasteiger partial charge is 0.486 e. The summed E-state index contributed by atoms with van der Waals surface area (Å²) >= 11 is 0. The first-order chi connectivity index (χ1) is 29.8. The molecular formula is C55H56IrN4OSi-2. The first-order valence-corrected chi connectivity index (χ1v) is 24.7. The monoisotopic (exact) mass is 1010 g/mol. The Labute approximate surface area is 384 Å². The molecule has 9 aromatic rings. The van der Waals surface area contributed by atoms with Crippen molar-refractivity contribution in [3.8, 4) is 39.5 Å². The summed E-state index contributed by atoms with van der Waals surface area (Å²) in [7, 11) is -1.71. The number of benzene rings is 5. The maximum absolute atomic E-state index is 8.69. The van der Waals surface area contributed by atoms with Gasteiger partial charge in [0.05, 0.1) is 30.5 Å². The van der Waals surface area contributed by atoms with Crippen LogP contribution in [0.2, 0.25) is 19.6 Å². The van der Waals surface area contributed by atoms with Crippen molar-refractivity contribution in [2.45, 2.75) is 86.8 Å². The van der Waals surface area contributed by atoms with Crippen molar-refractivity contribution < 1.29 is 27.3 Å². The van der Waals surface area contributed by atoms with E-state index in [1.54, 1.807) is 0 Å². The molecule has 5 nitrogen and oxygen atoms in total. The van der Waals surface area contributed by atoms with Crippen LogP contribution in [0.1, 0.15) is 65.3 Å². The topological polar surface area (TPSA) is 56.7 Å². The third kappa shape index (κ3) is 9.03. The molecule has 0 amide bonds. The van der Waals surface area contributed by atoms with Gasteiger partial charge in [-0.3, -0.25) is 4.98 Å². The molecule has 9 rings (SSSR count). The molecule has 4 heterocycles. The Bertz CT molecular complexity index is 3120. The van der Waals surface area contributed by atoms with Crippen LogP contribution in [0, 0.1) is 38.8 Å². The van der Waals surface area contributed by atoms with Crippen molar-refractivity contribution in [3.05, 3.63) is 162 Å². The molecule has 0 fully saturated rings. The van der Waals surface area contributed by atoms with Crippen LogP contribution in [-0.4, -0.2) is 27.6 Å². The van der Waals surface area contributed by atoms with Crippen LogP contribution >= 0.6 is 0 Å². The number of fused-ring (bicyclic) bond motifs is 4. The number of aromatic nitrogens is 4. The van der Waals surface area contributed by atoms with Crippen LogP contribution in [0.15, 0.2) is 126 Å². The van der Waals surface area contributed by atoms with E-state index in [-0.39, 0.29) is 31.4 Å². The Morgan fingerprint density at radius 2 is 1.47 bits per heavy atom. The van der Waals surface area contributed by atoms with Gasteiger partial charge in [0.2, 0.25) is 5.71 Å². The van der Waals surface area contributed by atoms with Crippen molar-refractivity contribution >= 4 is 46.4 Å². The van der Waals surface area contributed by atoms with Crippen molar-refractivity contribution in [2.24, 2.45) is 5.92 Å². The van der Waals surface area contributed by atoms with E-state index in [2.05, 4.69) is 149 Å². The second-order valence-corrected chi connectivity index (χ2v) is 23.5. The number of furan rings is 1. The first-order valence-electron chi connectivity index (χ1n) is 22.2. The van der Waals surface area contributed by atoms with Crippen LogP contribution in [0.5, 0.6) is 0 Å². The molecule has 1 radical (unpaired) electrons. The van der Waals surface area contributed by atoms with E-state index >= 15 is 0 Å². The van der Waals surface area contributed by atoms with Gasteiger partial charge in [0.15, 0.2) is 0 Å². The normalized spacial score (nSPS) is 12.6. The fourth-order valence-electron chi connectivity index (χ4n) is 8.12. The van der Waals surface area contributed by atoms with Gasteiger partial charge in [-0.05, 0) is 108 Å². The van der Waals surface area contributed by atoms with Crippen LogP contribution in [-0.2, 0) is 31.9 Å². The fraction of sp³-hybridized carbons (Fsp3) is 0.255. The van der Waals surface area contributed by atoms with Gasteiger partial charge in [0, 0.05) is 45.8 Å². The average Bonchev–Trinajstić information content (AvgIpc) is 3.81. The van der Waals surface area contributed by atoms with Crippen LogP contribution < -0.4 is 5.19 Å². The van der Waals surface area contributed by atoms with Gasteiger partial charge in [-0.1, -0.05) is 119 Å². The smallest absolute Gasteiger partial charge is 0.216 e. The van der Waals surface area contributed by atoms with Gasteiger partial charge < -0.3 is 14.0 Å². The molecule has 0 aliphatic carbocycles. The summed E-state index contributed by atoms with van der Waals surface area (Å²) in [5.41, 5.74) is 14.8. The standard InChI is InChI=1S/C33H24N3O.C22H32NSi.Ir/c1-20-18-24(23-10-5-4-6-11-23)19-21(2)30(20)36-29-15-8-7-14-28(29)35-32(36)27-13-9-12-25-26-17-16-22(3)34-33(26)37-31(25)27;1-16(2)12-18-14-20(23-15-21(18)24(6,7)8)17-10-9-11-19(13-17)22(3,4)5;/h4-12,14-19H,1-3H3;9,11,13-16H,12H2,1-8H3;/q2*-1;/i;12D2;. The SMILES string of the molecule is Cc1ccc2c(n1)oc1c(-c3nc4ccccc4n3-c3c(C)cc(-c4ccccc4)cc3C)[c-]ccc12.[2H]C([2H])(c1cc(-c2[c-]ccc(C(C)(C)C)c2)ncc1[Si](C)(C)C)C(C)C.[Ir]. The van der Waals surface area contributed by atoms with E-state index in [0.29, 0.717) is 5.71 Å². The molecule has 0 unspecified atom stereocenters. The maximum atomic E-state index is 8.69. The first kappa shape index (κ1) is 41.9. The molecule has 317 valence electrons. The third-order valence-electron chi connectivity index (χ3n) is 11.1. The number of nitrogens with zero attached hydrogens (tertiary/aromatic N) is 4. The average molecular weight is 1010 g/mol. The Balaban J connectivity index is 0.000000202. The number of para-hydroxylation sites is 2. The summed E-state index contributed by atoms with van der Waals surface area (Å²) in [6.45, 7) is 23.5. The quantitative estimate of drug-likeness (QED) is 0.118. The summed E-state index contributed by atoms with van der Waals surface area (Å²) in [6.07, 6.45) is 0.531. The summed E-state index contributed by atoms with van der Waals surface area (Å²) in [6, 6.07) is 46.3. The molecule has 7 heteroatoms. The van der Waals surface area contributed by atoms with E-state index in [0.717, 1.165) is 72.2 Å². The second kappa shape index (κ2) is 17.7. The number of rotatable bonds is 7.